The molecule has 1 nitrogen and oxygen atoms in total. The van der Waals surface area contributed by atoms with Crippen molar-refractivity contribution < 1.29 is 17.6 Å². The van der Waals surface area contributed by atoms with Gasteiger partial charge < -0.3 is 5.32 Å². The van der Waals surface area contributed by atoms with Gasteiger partial charge in [0.1, 0.15) is 17.3 Å². The molecule has 0 radical (unpaired) electrons. The Hall–Kier alpha value is -1.56. The maximum absolute atomic E-state index is 13.4. The highest BCUT2D eigenvalue weighted by atomic mass is 79.9. The van der Waals surface area contributed by atoms with Crippen LogP contribution in [0.15, 0.2) is 34.8 Å². The van der Waals surface area contributed by atoms with Crippen LogP contribution in [0.1, 0.15) is 5.56 Å². The lowest BCUT2D eigenvalue weighted by atomic mass is 10.2. The van der Waals surface area contributed by atoms with Crippen LogP contribution in [-0.4, -0.2) is 0 Å². The molecule has 0 saturated heterocycles. The van der Waals surface area contributed by atoms with Crippen molar-refractivity contribution in [1.29, 1.82) is 0 Å². The highest BCUT2D eigenvalue weighted by Gasteiger charge is 2.12. The minimum absolute atomic E-state index is 0.120. The highest BCUT2D eigenvalue weighted by molar-refractivity contribution is 9.10. The Morgan fingerprint density at radius 3 is 2.16 bits per heavy atom. The lowest BCUT2D eigenvalue weighted by molar-refractivity contribution is 0.546. The number of nitrogens with one attached hydrogen (secondary N) is 1. The molecular weight excluding hydrogens is 326 g/mol. The van der Waals surface area contributed by atoms with Crippen LogP contribution in [0.3, 0.4) is 0 Å². The molecule has 0 saturated carbocycles. The van der Waals surface area contributed by atoms with Crippen molar-refractivity contribution in [2.24, 2.45) is 0 Å². The molecule has 0 aliphatic carbocycles. The van der Waals surface area contributed by atoms with Crippen LogP contribution in [-0.2, 0) is 6.54 Å². The summed E-state index contributed by atoms with van der Waals surface area (Å²) in [6.45, 7) is -0.120. The summed E-state index contributed by atoms with van der Waals surface area (Å²) in [6.07, 6.45) is 0. The van der Waals surface area contributed by atoms with Crippen molar-refractivity contribution >= 4 is 21.6 Å². The molecule has 19 heavy (non-hydrogen) atoms. The SMILES string of the molecule is Fc1cc(F)c(NCc2cc(Br)ccc2F)c(F)c1. The van der Waals surface area contributed by atoms with E-state index in [4.69, 9.17) is 0 Å². The van der Waals surface area contributed by atoms with Crippen LogP contribution in [0, 0.1) is 23.3 Å². The Morgan fingerprint density at radius 2 is 1.53 bits per heavy atom. The first-order chi connectivity index (χ1) is 8.97. The van der Waals surface area contributed by atoms with Crippen LogP contribution in [0.2, 0.25) is 0 Å². The van der Waals surface area contributed by atoms with Crippen molar-refractivity contribution in [1.82, 2.24) is 0 Å². The van der Waals surface area contributed by atoms with Crippen LogP contribution in [0.5, 0.6) is 0 Å². The predicted molar refractivity (Wildman–Crippen MR) is 67.7 cm³/mol. The Bertz CT molecular complexity index is 593. The second-order valence-electron chi connectivity index (χ2n) is 3.83. The smallest absolute Gasteiger partial charge is 0.152 e. The van der Waals surface area contributed by atoms with E-state index in [2.05, 4.69) is 21.2 Å². The summed E-state index contributed by atoms with van der Waals surface area (Å²) in [5.74, 6) is -3.63. The summed E-state index contributed by atoms with van der Waals surface area (Å²) >= 11 is 3.17. The fourth-order valence-electron chi connectivity index (χ4n) is 1.57. The lowest BCUT2D eigenvalue weighted by Crippen LogP contribution is -2.06. The molecule has 0 heterocycles. The van der Waals surface area contributed by atoms with E-state index in [1.807, 2.05) is 0 Å². The zero-order chi connectivity index (χ0) is 14.0. The van der Waals surface area contributed by atoms with Crippen molar-refractivity contribution in [3.63, 3.8) is 0 Å². The van der Waals surface area contributed by atoms with Gasteiger partial charge in [0.2, 0.25) is 0 Å². The third-order valence-electron chi connectivity index (χ3n) is 2.47. The molecule has 0 bridgehead atoms. The standard InChI is InChI=1S/C13H8BrF4N/c14-8-1-2-10(16)7(3-8)6-19-13-11(17)4-9(15)5-12(13)18/h1-5,19H,6H2. The average molecular weight is 334 g/mol. The van der Waals surface area contributed by atoms with Gasteiger partial charge in [0.15, 0.2) is 11.6 Å². The Balaban J connectivity index is 2.21. The van der Waals surface area contributed by atoms with Crippen molar-refractivity contribution in [3.8, 4) is 0 Å². The van der Waals surface area contributed by atoms with Crippen molar-refractivity contribution in [2.45, 2.75) is 6.54 Å². The summed E-state index contributed by atoms with van der Waals surface area (Å²) in [6, 6.07) is 5.35. The first-order valence-corrected chi connectivity index (χ1v) is 6.09. The lowest BCUT2D eigenvalue weighted by Gasteiger charge is -2.10. The summed E-state index contributed by atoms with van der Waals surface area (Å²) in [5, 5.41) is 2.42. The first kappa shape index (κ1) is 13.9. The third kappa shape index (κ3) is 3.26. The van der Waals surface area contributed by atoms with Crippen LogP contribution < -0.4 is 5.32 Å². The molecule has 100 valence electrons. The van der Waals surface area contributed by atoms with Gasteiger partial charge in [-0.05, 0) is 18.2 Å². The maximum atomic E-state index is 13.4. The number of hydrogen-bond acceptors (Lipinski definition) is 1. The highest BCUT2D eigenvalue weighted by Crippen LogP contribution is 2.22. The van der Waals surface area contributed by atoms with E-state index in [0.717, 1.165) is 0 Å². The van der Waals surface area contributed by atoms with Gasteiger partial charge in [-0.3, -0.25) is 0 Å². The van der Waals surface area contributed by atoms with Gasteiger partial charge in [-0.15, -0.1) is 0 Å². The van der Waals surface area contributed by atoms with Crippen molar-refractivity contribution in [3.05, 3.63) is 63.6 Å². The fraction of sp³-hybridized carbons (Fsp3) is 0.0769. The molecule has 6 heteroatoms. The number of anilines is 1. The largest absolute Gasteiger partial charge is 0.376 e. The van der Waals surface area contributed by atoms with Crippen LogP contribution >= 0.6 is 15.9 Å². The molecule has 0 spiro atoms. The van der Waals surface area contributed by atoms with E-state index in [1.54, 1.807) is 0 Å². The Labute approximate surface area is 115 Å². The second-order valence-corrected chi connectivity index (χ2v) is 4.75. The van der Waals surface area contributed by atoms with E-state index in [-0.39, 0.29) is 12.1 Å². The normalized spacial score (nSPS) is 10.6. The summed E-state index contributed by atoms with van der Waals surface area (Å²) in [5.41, 5.74) is -0.252. The van der Waals surface area contributed by atoms with Gasteiger partial charge in [0, 0.05) is 28.7 Å². The number of hydrogen-bond donors (Lipinski definition) is 1. The van der Waals surface area contributed by atoms with E-state index < -0.39 is 29.0 Å². The first-order valence-electron chi connectivity index (χ1n) is 5.29. The average Bonchev–Trinajstić information content (AvgIpc) is 2.32. The minimum Gasteiger partial charge on any atom is -0.376 e. The molecule has 0 aliphatic rings. The Morgan fingerprint density at radius 1 is 0.895 bits per heavy atom. The molecule has 2 aromatic rings. The van der Waals surface area contributed by atoms with Crippen molar-refractivity contribution in [2.75, 3.05) is 5.32 Å². The van der Waals surface area contributed by atoms with Gasteiger partial charge in [-0.2, -0.15) is 0 Å². The number of benzene rings is 2. The zero-order valence-electron chi connectivity index (χ0n) is 9.48. The second kappa shape index (κ2) is 5.61. The monoisotopic (exact) mass is 333 g/mol. The molecule has 0 amide bonds. The molecule has 1 N–H and O–H groups in total. The number of rotatable bonds is 3. The quantitative estimate of drug-likeness (QED) is 0.808. The minimum atomic E-state index is -1.06. The van der Waals surface area contributed by atoms with Gasteiger partial charge >= 0.3 is 0 Å². The van der Waals surface area contributed by atoms with E-state index >= 15 is 0 Å². The molecule has 2 aromatic carbocycles. The molecular formula is C13H8BrF4N. The number of halogens is 5. The summed E-state index contributed by atoms with van der Waals surface area (Å²) in [7, 11) is 0. The predicted octanol–water partition coefficient (Wildman–Crippen LogP) is 4.62. The Kier molecular flexibility index (Phi) is 4.09. The van der Waals surface area contributed by atoms with Crippen LogP contribution in [0.4, 0.5) is 23.2 Å². The van der Waals surface area contributed by atoms with E-state index in [9.17, 15) is 17.6 Å². The van der Waals surface area contributed by atoms with Crippen LogP contribution in [0.25, 0.3) is 0 Å². The van der Waals surface area contributed by atoms with Gasteiger partial charge in [-0.1, -0.05) is 15.9 Å². The summed E-state index contributed by atoms with van der Waals surface area (Å²) in [4.78, 5) is 0. The van der Waals surface area contributed by atoms with E-state index in [1.165, 1.54) is 18.2 Å². The molecule has 2 rings (SSSR count). The zero-order valence-corrected chi connectivity index (χ0v) is 11.1. The van der Waals surface area contributed by atoms with E-state index in [0.29, 0.717) is 16.6 Å². The van der Waals surface area contributed by atoms with Gasteiger partial charge in [0.05, 0.1) is 0 Å². The molecule has 0 aliphatic heterocycles. The maximum Gasteiger partial charge on any atom is 0.152 e. The molecule has 0 unspecified atom stereocenters. The molecule has 0 atom stereocenters. The fourth-order valence-corrected chi connectivity index (χ4v) is 1.98. The topological polar surface area (TPSA) is 12.0 Å². The van der Waals surface area contributed by atoms with Gasteiger partial charge in [-0.25, -0.2) is 17.6 Å². The third-order valence-corrected chi connectivity index (χ3v) is 2.96. The molecule has 0 fully saturated rings. The molecule has 0 aromatic heterocycles. The summed E-state index contributed by atoms with van der Waals surface area (Å²) < 4.78 is 53.5. The van der Waals surface area contributed by atoms with Gasteiger partial charge in [0.25, 0.3) is 0 Å².